The van der Waals surface area contributed by atoms with Gasteiger partial charge in [0.2, 0.25) is 5.88 Å². The summed E-state index contributed by atoms with van der Waals surface area (Å²) in [6.07, 6.45) is 1.37. The van der Waals surface area contributed by atoms with Crippen molar-refractivity contribution in [1.29, 1.82) is 0 Å². The Labute approximate surface area is 291 Å². The van der Waals surface area contributed by atoms with E-state index in [-0.39, 0.29) is 18.7 Å². The molecule has 0 N–H and O–H groups in total. The molecule has 1 amide bonds. The summed E-state index contributed by atoms with van der Waals surface area (Å²) in [7, 11) is 1.60. The van der Waals surface area contributed by atoms with E-state index in [4.69, 9.17) is 37.7 Å². The number of rotatable bonds is 8. The van der Waals surface area contributed by atoms with Crippen molar-refractivity contribution in [1.82, 2.24) is 24.8 Å². The fourth-order valence-corrected chi connectivity index (χ4v) is 6.85. The van der Waals surface area contributed by atoms with Crippen LogP contribution in [0.3, 0.4) is 0 Å². The number of likely N-dealkylation sites (tertiary alicyclic amines) is 1. The minimum absolute atomic E-state index is 0.0465. The largest absolute Gasteiger partial charge is 0.480 e. The van der Waals surface area contributed by atoms with E-state index in [0.717, 1.165) is 29.9 Å². The highest BCUT2D eigenvalue weighted by Crippen LogP contribution is 2.40. The topological polar surface area (TPSA) is 97.8 Å². The van der Waals surface area contributed by atoms with Crippen LogP contribution in [0.2, 0.25) is 10.0 Å². The molecule has 0 radical (unpaired) electrons. The van der Waals surface area contributed by atoms with Gasteiger partial charge in [0.15, 0.2) is 5.78 Å². The Morgan fingerprint density at radius 3 is 2.35 bits per heavy atom. The molecular weight excluding hydrogens is 649 g/mol. The highest BCUT2D eigenvalue weighted by atomic mass is 35.5. The number of pyridine rings is 1. The van der Waals surface area contributed by atoms with Crippen molar-refractivity contribution in [3.63, 3.8) is 0 Å². The molecule has 48 heavy (non-hydrogen) atoms. The number of carbonyl (C=O) groups excluding carboxylic acids is 2. The number of fused-ring (bicyclic) bond motifs is 1. The van der Waals surface area contributed by atoms with Crippen LogP contribution in [0.1, 0.15) is 66.3 Å². The van der Waals surface area contributed by atoms with Crippen molar-refractivity contribution in [2.45, 2.75) is 66.3 Å². The van der Waals surface area contributed by atoms with Crippen LogP contribution < -0.4 is 4.74 Å². The Kier molecular flexibility index (Phi) is 9.48. The normalized spacial score (nSPS) is 14.9. The summed E-state index contributed by atoms with van der Waals surface area (Å²) in [4.78, 5) is 44.3. The maximum Gasteiger partial charge on any atom is 0.410 e. The van der Waals surface area contributed by atoms with E-state index in [9.17, 15) is 9.59 Å². The van der Waals surface area contributed by atoms with Gasteiger partial charge in [-0.25, -0.2) is 14.8 Å². The van der Waals surface area contributed by atoms with Crippen molar-refractivity contribution in [2.75, 3.05) is 20.2 Å². The molecule has 4 aromatic rings. The Balaban J connectivity index is 1.22. The van der Waals surface area contributed by atoms with E-state index in [1.807, 2.05) is 64.1 Å². The minimum Gasteiger partial charge on any atom is -0.480 e. The Bertz CT molecular complexity index is 1900. The predicted octanol–water partition coefficient (Wildman–Crippen LogP) is 7.96. The molecule has 4 heterocycles. The molecule has 250 valence electrons. The first-order chi connectivity index (χ1) is 22.8. The number of aryl methyl sites for hydroxylation is 1. The highest BCUT2D eigenvalue weighted by molar-refractivity contribution is 6.38. The number of aromatic nitrogens is 3. The van der Waals surface area contributed by atoms with E-state index in [1.54, 1.807) is 24.3 Å². The first kappa shape index (κ1) is 33.8. The molecule has 11 heteroatoms. The molecule has 0 unspecified atom stereocenters. The number of amides is 1. The van der Waals surface area contributed by atoms with Gasteiger partial charge in [0.1, 0.15) is 17.0 Å². The van der Waals surface area contributed by atoms with Crippen LogP contribution in [0.5, 0.6) is 5.88 Å². The molecule has 0 atom stereocenters. The second-order valence-electron chi connectivity index (χ2n) is 13.6. The van der Waals surface area contributed by atoms with Gasteiger partial charge in [-0.2, -0.15) is 0 Å². The third-order valence-electron chi connectivity index (χ3n) is 8.57. The van der Waals surface area contributed by atoms with Gasteiger partial charge in [-0.3, -0.25) is 19.6 Å². The van der Waals surface area contributed by atoms with Gasteiger partial charge >= 0.3 is 6.09 Å². The summed E-state index contributed by atoms with van der Waals surface area (Å²) in [6, 6.07) is 13.0. The van der Waals surface area contributed by atoms with Crippen LogP contribution in [0.4, 0.5) is 4.79 Å². The number of hydrogen-bond donors (Lipinski definition) is 0. The number of hydrogen-bond acceptors (Lipinski definition) is 8. The number of ether oxygens (including phenoxy) is 2. The summed E-state index contributed by atoms with van der Waals surface area (Å²) in [5.74, 6) is 0.984. The molecule has 0 spiro atoms. The molecule has 0 bridgehead atoms. The molecule has 2 aliphatic heterocycles. The van der Waals surface area contributed by atoms with Crippen LogP contribution in [0.25, 0.3) is 22.4 Å². The maximum absolute atomic E-state index is 13.6. The van der Waals surface area contributed by atoms with Crippen LogP contribution in [-0.4, -0.2) is 62.4 Å². The molecule has 0 aliphatic carbocycles. The zero-order valence-electron chi connectivity index (χ0n) is 28.1. The second kappa shape index (κ2) is 13.5. The number of halogens is 2. The number of methoxy groups -OCH3 is 1. The molecule has 1 fully saturated rings. The Morgan fingerprint density at radius 1 is 0.979 bits per heavy atom. The number of nitrogens with zero attached hydrogens (tertiary/aromatic N) is 5. The lowest BCUT2D eigenvalue weighted by atomic mass is 9.97. The van der Waals surface area contributed by atoms with Gasteiger partial charge in [-0.1, -0.05) is 66.5 Å². The molecule has 6 rings (SSSR count). The summed E-state index contributed by atoms with van der Waals surface area (Å²) in [5.41, 5.74) is 6.41. The SMILES string of the molecule is COc1nc(-c2cccc(-c3cccc(CC(=O)c4cc(C)c5c(n4)CN(C(=O)OC(C)(C)C)C5)c3Cl)c2Cl)cnc1CN1CC(C)C1. The predicted molar refractivity (Wildman–Crippen MR) is 186 cm³/mol. The van der Waals surface area contributed by atoms with E-state index in [1.165, 1.54) is 0 Å². The van der Waals surface area contributed by atoms with Gasteiger partial charge in [-0.15, -0.1) is 0 Å². The summed E-state index contributed by atoms with van der Waals surface area (Å²) < 4.78 is 11.1. The quantitative estimate of drug-likeness (QED) is 0.172. The van der Waals surface area contributed by atoms with E-state index in [0.29, 0.717) is 74.3 Å². The third-order valence-corrected chi connectivity index (χ3v) is 9.43. The van der Waals surface area contributed by atoms with Gasteiger partial charge in [-0.05, 0) is 56.4 Å². The van der Waals surface area contributed by atoms with Crippen molar-refractivity contribution < 1.29 is 19.1 Å². The second-order valence-corrected chi connectivity index (χ2v) is 14.4. The average molecular weight is 689 g/mol. The van der Waals surface area contributed by atoms with Gasteiger partial charge in [0.25, 0.3) is 0 Å². The first-order valence-electron chi connectivity index (χ1n) is 16.0. The number of benzene rings is 2. The van der Waals surface area contributed by atoms with Gasteiger partial charge in [0, 0.05) is 42.7 Å². The Hall–Kier alpha value is -4.05. The van der Waals surface area contributed by atoms with E-state index >= 15 is 0 Å². The monoisotopic (exact) mass is 687 g/mol. The van der Waals surface area contributed by atoms with Crippen molar-refractivity contribution in [3.05, 3.63) is 92.5 Å². The van der Waals surface area contributed by atoms with Crippen LogP contribution in [0.15, 0.2) is 48.7 Å². The smallest absolute Gasteiger partial charge is 0.410 e. The lowest BCUT2D eigenvalue weighted by molar-refractivity contribution is 0.0240. The molecule has 2 aliphatic rings. The Morgan fingerprint density at radius 2 is 1.67 bits per heavy atom. The summed E-state index contributed by atoms with van der Waals surface area (Å²) in [5, 5.41) is 0.899. The van der Waals surface area contributed by atoms with E-state index < -0.39 is 11.7 Å². The summed E-state index contributed by atoms with van der Waals surface area (Å²) >= 11 is 14.0. The van der Waals surface area contributed by atoms with Crippen molar-refractivity contribution in [2.24, 2.45) is 5.92 Å². The van der Waals surface area contributed by atoms with Crippen LogP contribution in [-0.2, 0) is 30.8 Å². The average Bonchev–Trinajstić information content (AvgIpc) is 3.46. The lowest BCUT2D eigenvalue weighted by Gasteiger charge is -2.36. The number of carbonyl (C=O) groups is 2. The van der Waals surface area contributed by atoms with Crippen molar-refractivity contribution in [3.8, 4) is 28.3 Å². The number of Topliss-reactive ketones (excluding diaryl/α,β-unsaturated/α-hetero) is 1. The van der Waals surface area contributed by atoms with Crippen LogP contribution >= 0.6 is 23.2 Å². The minimum atomic E-state index is -0.603. The lowest BCUT2D eigenvalue weighted by Crippen LogP contribution is -2.44. The zero-order valence-corrected chi connectivity index (χ0v) is 29.6. The van der Waals surface area contributed by atoms with Crippen LogP contribution in [0, 0.1) is 12.8 Å². The molecule has 0 saturated carbocycles. The zero-order chi connectivity index (χ0) is 34.3. The molecule has 9 nitrogen and oxygen atoms in total. The molecule has 1 saturated heterocycles. The maximum atomic E-state index is 13.6. The standard InChI is InChI=1S/C37H39Cl2N5O4/c1-21-16-43(17-21)19-31-35(47-6)42-29(15-40-31)26-12-8-11-25(34(26)39)24-10-7-9-23(33(24)38)14-32(45)28-13-22(2)27-18-44(20-30(27)41-28)36(46)48-37(3,4)5/h7-13,15,21H,14,16-20H2,1-6H3. The van der Waals surface area contributed by atoms with E-state index in [2.05, 4.69) is 21.8 Å². The number of ketones is 1. The van der Waals surface area contributed by atoms with Crippen molar-refractivity contribution >= 4 is 35.1 Å². The fourth-order valence-electron chi connectivity index (χ4n) is 6.23. The third kappa shape index (κ3) is 7.04. The first-order valence-corrected chi connectivity index (χ1v) is 16.8. The van der Waals surface area contributed by atoms with Gasteiger partial charge < -0.3 is 9.47 Å². The molecule has 2 aromatic heterocycles. The molecule has 2 aromatic carbocycles. The summed E-state index contributed by atoms with van der Waals surface area (Å²) in [6.45, 7) is 13.1. The van der Waals surface area contributed by atoms with Gasteiger partial charge in [0.05, 0.1) is 47.8 Å². The molecular formula is C37H39Cl2N5O4. The fraction of sp³-hybridized carbons (Fsp3) is 0.378. The highest BCUT2D eigenvalue weighted by Gasteiger charge is 2.31.